The highest BCUT2D eigenvalue weighted by Gasteiger charge is 2.16. The lowest BCUT2D eigenvalue weighted by molar-refractivity contribution is 0.701. The minimum absolute atomic E-state index is 0.210. The fourth-order valence-electron chi connectivity index (χ4n) is 1.93. The molecule has 4 heteroatoms. The Morgan fingerprint density at radius 3 is 2.67 bits per heavy atom. The van der Waals surface area contributed by atoms with Crippen LogP contribution in [0.15, 0.2) is 34.8 Å². The zero-order valence-electron chi connectivity index (χ0n) is 10.3. The molecule has 1 aromatic carbocycles. The summed E-state index contributed by atoms with van der Waals surface area (Å²) in [5.74, 6) is 0. The Morgan fingerprint density at radius 1 is 1.33 bits per heavy atom. The predicted molar refractivity (Wildman–Crippen MR) is 83.8 cm³/mol. The number of halogens is 2. The molecule has 2 rings (SSSR count). The van der Waals surface area contributed by atoms with Crippen LogP contribution in [0.2, 0.25) is 5.02 Å². The second kappa shape index (κ2) is 6.20. The summed E-state index contributed by atoms with van der Waals surface area (Å²) < 4.78 is 1.04. The Morgan fingerprint density at radius 2 is 2.11 bits per heavy atom. The summed E-state index contributed by atoms with van der Waals surface area (Å²) in [7, 11) is 1.98. The molecule has 96 valence electrons. The van der Waals surface area contributed by atoms with E-state index in [1.807, 2.05) is 30.5 Å². The second-order valence-corrected chi connectivity index (χ2v) is 6.54. The van der Waals surface area contributed by atoms with Crippen LogP contribution in [0.25, 0.3) is 0 Å². The van der Waals surface area contributed by atoms with E-state index in [1.165, 1.54) is 15.3 Å². The van der Waals surface area contributed by atoms with Gasteiger partial charge >= 0.3 is 0 Å². The maximum absolute atomic E-state index is 5.99. The van der Waals surface area contributed by atoms with Gasteiger partial charge in [0.15, 0.2) is 0 Å². The molecule has 1 N–H and O–H groups in total. The maximum atomic E-state index is 5.99. The van der Waals surface area contributed by atoms with Crippen LogP contribution in [0.1, 0.15) is 28.3 Å². The SMILES string of the molecule is CCc1ccc(C(NC)c2ccc(Cl)cc2Br)s1. The Bertz CT molecular complexity index is 538. The van der Waals surface area contributed by atoms with E-state index < -0.39 is 0 Å². The van der Waals surface area contributed by atoms with Crippen LogP contribution in [-0.4, -0.2) is 7.05 Å². The minimum atomic E-state index is 0.210. The molecule has 0 saturated heterocycles. The Balaban J connectivity index is 2.38. The van der Waals surface area contributed by atoms with Crippen LogP contribution in [-0.2, 0) is 6.42 Å². The summed E-state index contributed by atoms with van der Waals surface area (Å²) in [6.07, 6.45) is 1.09. The average Bonchev–Trinajstić information content (AvgIpc) is 2.81. The third kappa shape index (κ3) is 2.97. The molecule has 0 aliphatic rings. The molecule has 0 bridgehead atoms. The van der Waals surface area contributed by atoms with Crippen molar-refractivity contribution < 1.29 is 0 Å². The molecule has 18 heavy (non-hydrogen) atoms. The number of aryl methyl sites for hydroxylation is 1. The molecule has 0 fully saturated rings. The van der Waals surface area contributed by atoms with Gasteiger partial charge in [0.25, 0.3) is 0 Å². The van der Waals surface area contributed by atoms with Gasteiger partial charge in [0.05, 0.1) is 6.04 Å². The topological polar surface area (TPSA) is 12.0 Å². The zero-order valence-corrected chi connectivity index (χ0v) is 13.5. The second-order valence-electron chi connectivity index (χ2n) is 4.05. The summed E-state index contributed by atoms with van der Waals surface area (Å²) in [6, 6.07) is 10.6. The van der Waals surface area contributed by atoms with Crippen molar-refractivity contribution in [1.29, 1.82) is 0 Å². The number of rotatable bonds is 4. The van der Waals surface area contributed by atoms with Crippen LogP contribution < -0.4 is 5.32 Å². The monoisotopic (exact) mass is 343 g/mol. The Kier molecular flexibility index (Phi) is 4.84. The minimum Gasteiger partial charge on any atom is -0.309 e. The largest absolute Gasteiger partial charge is 0.309 e. The lowest BCUT2D eigenvalue weighted by Gasteiger charge is -2.17. The van der Waals surface area contributed by atoms with Gasteiger partial charge in [0, 0.05) is 19.2 Å². The number of benzene rings is 1. The van der Waals surface area contributed by atoms with E-state index in [1.54, 1.807) is 0 Å². The first-order valence-corrected chi connectivity index (χ1v) is 7.85. The molecule has 1 nitrogen and oxygen atoms in total. The van der Waals surface area contributed by atoms with Gasteiger partial charge in [0.1, 0.15) is 0 Å². The van der Waals surface area contributed by atoms with Gasteiger partial charge in [-0.25, -0.2) is 0 Å². The first-order valence-electron chi connectivity index (χ1n) is 5.86. The van der Waals surface area contributed by atoms with Gasteiger partial charge in [-0.1, -0.05) is 40.5 Å². The van der Waals surface area contributed by atoms with E-state index in [0.717, 1.165) is 15.9 Å². The highest BCUT2D eigenvalue weighted by molar-refractivity contribution is 9.10. The molecule has 0 radical (unpaired) electrons. The molecule has 1 unspecified atom stereocenters. The Labute approximate surface area is 125 Å². The number of thiophene rings is 1. The van der Waals surface area contributed by atoms with Crippen molar-refractivity contribution in [3.8, 4) is 0 Å². The zero-order chi connectivity index (χ0) is 13.1. The molecule has 0 aliphatic carbocycles. The summed E-state index contributed by atoms with van der Waals surface area (Å²) in [5.41, 5.74) is 1.21. The molecule has 0 saturated carbocycles. The molecule has 0 amide bonds. The van der Waals surface area contributed by atoms with Crippen LogP contribution in [0.3, 0.4) is 0 Å². The molecule has 1 heterocycles. The number of nitrogens with one attached hydrogen (secondary N) is 1. The van der Waals surface area contributed by atoms with Crippen molar-refractivity contribution >= 4 is 38.9 Å². The van der Waals surface area contributed by atoms with E-state index in [2.05, 4.69) is 46.4 Å². The number of hydrogen-bond acceptors (Lipinski definition) is 2. The van der Waals surface area contributed by atoms with Crippen LogP contribution in [0.4, 0.5) is 0 Å². The summed E-state index contributed by atoms with van der Waals surface area (Å²) in [6.45, 7) is 2.18. The van der Waals surface area contributed by atoms with Crippen molar-refractivity contribution in [2.75, 3.05) is 7.05 Å². The van der Waals surface area contributed by atoms with Crippen LogP contribution in [0, 0.1) is 0 Å². The molecule has 1 aromatic heterocycles. The van der Waals surface area contributed by atoms with Gasteiger partial charge in [-0.2, -0.15) is 0 Å². The summed E-state index contributed by atoms with van der Waals surface area (Å²) in [4.78, 5) is 2.74. The van der Waals surface area contributed by atoms with E-state index in [-0.39, 0.29) is 6.04 Å². The highest BCUT2D eigenvalue weighted by Crippen LogP contribution is 2.33. The maximum Gasteiger partial charge on any atom is 0.0679 e. The van der Waals surface area contributed by atoms with Gasteiger partial charge in [0.2, 0.25) is 0 Å². The standard InChI is InChI=1S/C14H15BrClNS/c1-3-10-5-7-13(18-10)14(17-2)11-6-4-9(16)8-12(11)15/h4-8,14,17H,3H2,1-2H3. The number of hydrogen-bond donors (Lipinski definition) is 1. The highest BCUT2D eigenvalue weighted by atomic mass is 79.9. The molecular formula is C14H15BrClNS. The van der Waals surface area contributed by atoms with Gasteiger partial charge in [-0.15, -0.1) is 11.3 Å². The fourth-order valence-corrected chi connectivity index (χ4v) is 3.92. The van der Waals surface area contributed by atoms with E-state index in [0.29, 0.717) is 0 Å². The molecule has 1 atom stereocenters. The first-order chi connectivity index (χ1) is 8.65. The van der Waals surface area contributed by atoms with Gasteiger partial charge in [-0.3, -0.25) is 0 Å². The average molecular weight is 345 g/mol. The van der Waals surface area contributed by atoms with E-state index in [9.17, 15) is 0 Å². The molecular weight excluding hydrogens is 330 g/mol. The van der Waals surface area contributed by atoms with Crippen molar-refractivity contribution in [1.82, 2.24) is 5.32 Å². The third-order valence-corrected chi connectivity index (χ3v) is 5.09. The summed E-state index contributed by atoms with van der Waals surface area (Å²) in [5, 5.41) is 4.12. The first kappa shape index (κ1) is 14.1. The molecule has 2 aromatic rings. The van der Waals surface area contributed by atoms with Crippen LogP contribution >= 0.6 is 38.9 Å². The fraction of sp³-hybridized carbons (Fsp3) is 0.286. The third-order valence-electron chi connectivity index (χ3n) is 2.88. The van der Waals surface area contributed by atoms with E-state index in [4.69, 9.17) is 11.6 Å². The normalized spacial score (nSPS) is 12.7. The summed E-state index contributed by atoms with van der Waals surface area (Å²) >= 11 is 11.4. The van der Waals surface area contributed by atoms with Gasteiger partial charge in [-0.05, 0) is 43.3 Å². The molecule has 0 spiro atoms. The van der Waals surface area contributed by atoms with Crippen LogP contribution in [0.5, 0.6) is 0 Å². The van der Waals surface area contributed by atoms with E-state index >= 15 is 0 Å². The Hall–Kier alpha value is -0.350. The predicted octanol–water partition coefficient (Wildman–Crippen LogP) is 5.04. The lowest BCUT2D eigenvalue weighted by Crippen LogP contribution is -2.16. The quantitative estimate of drug-likeness (QED) is 0.819. The van der Waals surface area contributed by atoms with Crippen molar-refractivity contribution in [3.63, 3.8) is 0 Å². The van der Waals surface area contributed by atoms with Gasteiger partial charge < -0.3 is 5.32 Å². The smallest absolute Gasteiger partial charge is 0.0679 e. The van der Waals surface area contributed by atoms with Crippen molar-refractivity contribution in [3.05, 3.63) is 55.1 Å². The van der Waals surface area contributed by atoms with Crippen molar-refractivity contribution in [2.24, 2.45) is 0 Å². The lowest BCUT2D eigenvalue weighted by atomic mass is 10.1. The molecule has 0 aliphatic heterocycles. The van der Waals surface area contributed by atoms with Crippen molar-refractivity contribution in [2.45, 2.75) is 19.4 Å².